The SMILES string of the molecule is CC1CCC(CN)(N(C)CCOC(C)(C)C)CC1. The molecule has 0 radical (unpaired) electrons. The second-order valence-corrected chi connectivity index (χ2v) is 6.99. The Bertz CT molecular complexity index is 239. The predicted molar refractivity (Wildman–Crippen MR) is 77.8 cm³/mol. The lowest BCUT2D eigenvalue weighted by Gasteiger charge is -2.45. The van der Waals surface area contributed by atoms with E-state index >= 15 is 0 Å². The van der Waals surface area contributed by atoms with E-state index in [1.165, 1.54) is 25.7 Å². The van der Waals surface area contributed by atoms with Gasteiger partial charge in [-0.15, -0.1) is 0 Å². The van der Waals surface area contributed by atoms with Gasteiger partial charge in [-0.25, -0.2) is 0 Å². The molecule has 1 saturated carbocycles. The molecule has 0 aliphatic heterocycles. The zero-order chi connectivity index (χ0) is 13.8. The molecule has 18 heavy (non-hydrogen) atoms. The van der Waals surface area contributed by atoms with Crippen molar-refractivity contribution in [3.05, 3.63) is 0 Å². The Hall–Kier alpha value is -0.120. The molecule has 0 aromatic heterocycles. The van der Waals surface area contributed by atoms with Crippen LogP contribution in [0.4, 0.5) is 0 Å². The standard InChI is InChI=1S/C15H32N2O/c1-13-6-8-15(12-16,9-7-13)17(5)10-11-18-14(2,3)4/h13H,6-12,16H2,1-5H3. The molecule has 0 saturated heterocycles. The summed E-state index contributed by atoms with van der Waals surface area (Å²) in [6.45, 7) is 11.2. The largest absolute Gasteiger partial charge is 0.375 e. The first-order valence-electron chi connectivity index (χ1n) is 7.34. The Morgan fingerprint density at radius 1 is 1.28 bits per heavy atom. The third-order valence-electron chi connectivity index (χ3n) is 4.36. The molecule has 108 valence electrons. The van der Waals surface area contributed by atoms with Crippen LogP contribution in [0.1, 0.15) is 53.4 Å². The number of ether oxygens (including phenoxy) is 1. The Morgan fingerprint density at radius 3 is 2.28 bits per heavy atom. The van der Waals surface area contributed by atoms with Gasteiger partial charge in [0.1, 0.15) is 0 Å². The smallest absolute Gasteiger partial charge is 0.0600 e. The summed E-state index contributed by atoms with van der Waals surface area (Å²) in [5.41, 5.74) is 6.23. The van der Waals surface area contributed by atoms with E-state index < -0.39 is 0 Å². The van der Waals surface area contributed by atoms with E-state index in [9.17, 15) is 0 Å². The second kappa shape index (κ2) is 6.36. The summed E-state index contributed by atoms with van der Waals surface area (Å²) in [6, 6.07) is 0. The van der Waals surface area contributed by atoms with Crippen LogP contribution in [0, 0.1) is 5.92 Å². The van der Waals surface area contributed by atoms with E-state index in [-0.39, 0.29) is 11.1 Å². The van der Waals surface area contributed by atoms with Crippen molar-refractivity contribution >= 4 is 0 Å². The van der Waals surface area contributed by atoms with Gasteiger partial charge < -0.3 is 10.5 Å². The van der Waals surface area contributed by atoms with Crippen LogP contribution >= 0.6 is 0 Å². The molecule has 0 atom stereocenters. The van der Waals surface area contributed by atoms with Crippen molar-refractivity contribution in [2.75, 3.05) is 26.7 Å². The van der Waals surface area contributed by atoms with E-state index in [0.29, 0.717) is 0 Å². The van der Waals surface area contributed by atoms with Crippen molar-refractivity contribution in [1.82, 2.24) is 4.90 Å². The van der Waals surface area contributed by atoms with Crippen LogP contribution in [0.5, 0.6) is 0 Å². The van der Waals surface area contributed by atoms with Crippen molar-refractivity contribution in [3.63, 3.8) is 0 Å². The van der Waals surface area contributed by atoms with Gasteiger partial charge in [0.05, 0.1) is 12.2 Å². The number of hydrogen-bond donors (Lipinski definition) is 1. The monoisotopic (exact) mass is 256 g/mol. The minimum absolute atomic E-state index is 0.0439. The molecule has 1 aliphatic carbocycles. The Balaban J connectivity index is 2.44. The summed E-state index contributed by atoms with van der Waals surface area (Å²) >= 11 is 0. The number of rotatable bonds is 5. The lowest BCUT2D eigenvalue weighted by molar-refractivity contribution is -0.0294. The summed E-state index contributed by atoms with van der Waals surface area (Å²) < 4.78 is 5.82. The lowest BCUT2D eigenvalue weighted by atomic mass is 9.76. The van der Waals surface area contributed by atoms with Crippen molar-refractivity contribution in [2.45, 2.75) is 64.5 Å². The van der Waals surface area contributed by atoms with Crippen LogP contribution in [0.2, 0.25) is 0 Å². The van der Waals surface area contributed by atoms with Gasteiger partial charge in [-0.05, 0) is 59.4 Å². The van der Waals surface area contributed by atoms with Crippen LogP contribution in [-0.4, -0.2) is 42.8 Å². The molecule has 0 unspecified atom stereocenters. The first-order chi connectivity index (χ1) is 8.29. The van der Waals surface area contributed by atoms with Gasteiger partial charge in [0, 0.05) is 18.6 Å². The van der Waals surface area contributed by atoms with Crippen LogP contribution in [-0.2, 0) is 4.74 Å². The van der Waals surface area contributed by atoms with Gasteiger partial charge in [0.2, 0.25) is 0 Å². The topological polar surface area (TPSA) is 38.5 Å². The van der Waals surface area contributed by atoms with E-state index in [4.69, 9.17) is 10.5 Å². The Labute approximate surface area is 113 Å². The molecule has 3 heteroatoms. The van der Waals surface area contributed by atoms with E-state index in [1.54, 1.807) is 0 Å². The van der Waals surface area contributed by atoms with Crippen LogP contribution in [0.25, 0.3) is 0 Å². The van der Waals surface area contributed by atoms with Gasteiger partial charge in [-0.3, -0.25) is 4.90 Å². The zero-order valence-corrected chi connectivity index (χ0v) is 13.0. The molecule has 0 aromatic carbocycles. The quantitative estimate of drug-likeness (QED) is 0.822. The molecule has 1 rings (SSSR count). The fourth-order valence-electron chi connectivity index (χ4n) is 2.77. The molecular weight excluding hydrogens is 224 g/mol. The third-order valence-corrected chi connectivity index (χ3v) is 4.36. The molecule has 2 N–H and O–H groups in total. The normalized spacial score (nSPS) is 29.8. The van der Waals surface area contributed by atoms with Crippen molar-refractivity contribution < 1.29 is 4.74 Å². The molecule has 0 aromatic rings. The van der Waals surface area contributed by atoms with Gasteiger partial charge in [0.25, 0.3) is 0 Å². The molecule has 0 bridgehead atoms. The molecule has 1 fully saturated rings. The zero-order valence-electron chi connectivity index (χ0n) is 13.0. The summed E-state index contributed by atoms with van der Waals surface area (Å²) in [5, 5.41) is 0. The molecule has 0 spiro atoms. The Morgan fingerprint density at radius 2 is 1.83 bits per heavy atom. The number of nitrogens with zero attached hydrogens (tertiary/aromatic N) is 1. The van der Waals surface area contributed by atoms with Gasteiger partial charge in [0.15, 0.2) is 0 Å². The average Bonchev–Trinajstić information content (AvgIpc) is 2.28. The highest BCUT2D eigenvalue weighted by molar-refractivity contribution is 4.94. The van der Waals surface area contributed by atoms with Crippen molar-refractivity contribution in [2.24, 2.45) is 11.7 Å². The number of hydrogen-bond acceptors (Lipinski definition) is 3. The van der Waals surface area contributed by atoms with Crippen molar-refractivity contribution in [1.29, 1.82) is 0 Å². The summed E-state index contributed by atoms with van der Waals surface area (Å²) in [6.07, 6.45) is 5.08. The van der Waals surface area contributed by atoms with E-state index in [0.717, 1.165) is 25.6 Å². The highest BCUT2D eigenvalue weighted by atomic mass is 16.5. The molecule has 1 aliphatic rings. The first kappa shape index (κ1) is 15.9. The fraction of sp³-hybridized carbons (Fsp3) is 1.00. The maximum Gasteiger partial charge on any atom is 0.0600 e. The van der Waals surface area contributed by atoms with Gasteiger partial charge in [-0.1, -0.05) is 6.92 Å². The number of likely N-dealkylation sites (N-methyl/N-ethyl adjacent to an activating group) is 1. The highest BCUT2D eigenvalue weighted by Crippen LogP contribution is 2.34. The van der Waals surface area contributed by atoms with Crippen LogP contribution < -0.4 is 5.73 Å². The van der Waals surface area contributed by atoms with Gasteiger partial charge in [-0.2, -0.15) is 0 Å². The maximum atomic E-state index is 6.06. The molecular formula is C15H32N2O. The minimum Gasteiger partial charge on any atom is -0.375 e. The van der Waals surface area contributed by atoms with E-state index in [1.807, 2.05) is 0 Å². The summed E-state index contributed by atoms with van der Waals surface area (Å²) in [4.78, 5) is 2.44. The summed E-state index contributed by atoms with van der Waals surface area (Å²) in [5.74, 6) is 0.865. The predicted octanol–water partition coefficient (Wildman–Crippen LogP) is 2.64. The van der Waals surface area contributed by atoms with E-state index in [2.05, 4.69) is 39.6 Å². The maximum absolute atomic E-state index is 6.06. The van der Waals surface area contributed by atoms with Crippen molar-refractivity contribution in [3.8, 4) is 0 Å². The van der Waals surface area contributed by atoms with Crippen LogP contribution in [0.15, 0.2) is 0 Å². The Kier molecular flexibility index (Phi) is 5.63. The van der Waals surface area contributed by atoms with Crippen LogP contribution in [0.3, 0.4) is 0 Å². The summed E-state index contributed by atoms with van der Waals surface area (Å²) in [7, 11) is 2.20. The highest BCUT2D eigenvalue weighted by Gasteiger charge is 2.36. The molecule has 3 nitrogen and oxygen atoms in total. The molecule has 0 amide bonds. The minimum atomic E-state index is -0.0439. The average molecular weight is 256 g/mol. The fourth-order valence-corrected chi connectivity index (χ4v) is 2.77. The lowest BCUT2D eigenvalue weighted by Crippen LogP contribution is -2.55. The second-order valence-electron chi connectivity index (χ2n) is 6.99. The van der Waals surface area contributed by atoms with Gasteiger partial charge >= 0.3 is 0 Å². The number of nitrogens with two attached hydrogens (primary N) is 1. The molecule has 0 heterocycles. The third kappa shape index (κ3) is 4.52. The first-order valence-corrected chi connectivity index (χ1v) is 7.34.